The second-order valence-corrected chi connectivity index (χ2v) is 4.62. The summed E-state index contributed by atoms with van der Waals surface area (Å²) in [5, 5.41) is 8.68. The molecule has 3 heteroatoms. The number of nitriles is 1. The first-order chi connectivity index (χ1) is 6.32. The zero-order valence-electron chi connectivity index (χ0n) is 9.79. The van der Waals surface area contributed by atoms with E-state index in [9.17, 15) is 4.79 Å². The second kappa shape index (κ2) is 4.99. The molecule has 0 N–H and O–H groups in total. The van der Waals surface area contributed by atoms with Gasteiger partial charge < -0.3 is 4.90 Å². The lowest BCUT2D eigenvalue weighted by Crippen LogP contribution is -2.41. The molecule has 0 heterocycles. The van der Waals surface area contributed by atoms with E-state index in [1.807, 2.05) is 34.6 Å². The zero-order chi connectivity index (χ0) is 11.4. The zero-order valence-corrected chi connectivity index (χ0v) is 9.79. The van der Waals surface area contributed by atoms with Crippen LogP contribution in [-0.4, -0.2) is 23.9 Å². The first-order valence-electron chi connectivity index (χ1n) is 5.02. The maximum absolute atomic E-state index is 11.9. The second-order valence-electron chi connectivity index (χ2n) is 4.62. The SMILES string of the molecule is CCN(CC(C)C#N)C(=O)C(C)(C)C. The van der Waals surface area contributed by atoms with E-state index in [0.717, 1.165) is 0 Å². The lowest BCUT2D eigenvalue weighted by molar-refractivity contribution is -0.139. The summed E-state index contributed by atoms with van der Waals surface area (Å²) in [6.45, 7) is 10.7. The van der Waals surface area contributed by atoms with Gasteiger partial charge >= 0.3 is 0 Å². The van der Waals surface area contributed by atoms with Gasteiger partial charge in [0.1, 0.15) is 0 Å². The molecule has 80 valence electrons. The first kappa shape index (κ1) is 13.0. The van der Waals surface area contributed by atoms with Crippen molar-refractivity contribution < 1.29 is 4.79 Å². The fraction of sp³-hybridized carbons (Fsp3) is 0.818. The minimum absolute atomic E-state index is 0.0961. The van der Waals surface area contributed by atoms with Gasteiger partial charge in [-0.1, -0.05) is 20.8 Å². The summed E-state index contributed by atoms with van der Waals surface area (Å²) in [6, 6.07) is 2.14. The van der Waals surface area contributed by atoms with Gasteiger partial charge in [-0.25, -0.2) is 0 Å². The number of rotatable bonds is 3. The molecule has 0 bridgehead atoms. The highest BCUT2D eigenvalue weighted by molar-refractivity contribution is 5.81. The normalized spacial score (nSPS) is 13.1. The van der Waals surface area contributed by atoms with Crippen LogP contribution in [0.5, 0.6) is 0 Å². The molecule has 0 rings (SSSR count). The molecule has 0 saturated heterocycles. The van der Waals surface area contributed by atoms with Crippen LogP contribution in [0.1, 0.15) is 34.6 Å². The Morgan fingerprint density at radius 3 is 2.29 bits per heavy atom. The van der Waals surface area contributed by atoms with Gasteiger partial charge in [0, 0.05) is 18.5 Å². The predicted molar refractivity (Wildman–Crippen MR) is 56.5 cm³/mol. The molecule has 0 saturated carbocycles. The Kier molecular flexibility index (Phi) is 4.62. The van der Waals surface area contributed by atoms with Crippen LogP contribution in [0.25, 0.3) is 0 Å². The van der Waals surface area contributed by atoms with Gasteiger partial charge in [-0.3, -0.25) is 4.79 Å². The number of carbonyl (C=O) groups excluding carboxylic acids is 1. The Morgan fingerprint density at radius 1 is 1.50 bits per heavy atom. The molecule has 0 radical (unpaired) electrons. The Balaban J connectivity index is 4.44. The summed E-state index contributed by atoms with van der Waals surface area (Å²) in [6.07, 6.45) is 0. The van der Waals surface area contributed by atoms with Crippen LogP contribution in [0.4, 0.5) is 0 Å². The molecule has 0 aromatic heterocycles. The van der Waals surface area contributed by atoms with Crippen LogP contribution in [0.3, 0.4) is 0 Å². The highest BCUT2D eigenvalue weighted by Gasteiger charge is 2.26. The Labute approximate surface area is 86.7 Å². The average molecular weight is 196 g/mol. The monoisotopic (exact) mass is 196 g/mol. The fourth-order valence-electron chi connectivity index (χ4n) is 1.20. The lowest BCUT2D eigenvalue weighted by Gasteiger charge is -2.29. The quantitative estimate of drug-likeness (QED) is 0.693. The topological polar surface area (TPSA) is 44.1 Å². The predicted octanol–water partition coefficient (Wildman–Crippen LogP) is 2.04. The molecular formula is C11H20N2O. The van der Waals surface area contributed by atoms with Crippen molar-refractivity contribution in [1.29, 1.82) is 5.26 Å². The molecule has 0 aromatic rings. The van der Waals surface area contributed by atoms with Gasteiger partial charge in [0.05, 0.1) is 12.0 Å². The van der Waals surface area contributed by atoms with E-state index < -0.39 is 0 Å². The Bertz CT molecular complexity index is 235. The molecule has 0 aliphatic heterocycles. The van der Waals surface area contributed by atoms with Crippen LogP contribution < -0.4 is 0 Å². The summed E-state index contributed by atoms with van der Waals surface area (Å²) in [4.78, 5) is 13.6. The molecule has 0 aliphatic carbocycles. The van der Waals surface area contributed by atoms with E-state index in [2.05, 4.69) is 6.07 Å². The van der Waals surface area contributed by atoms with Crippen molar-refractivity contribution >= 4 is 5.91 Å². The van der Waals surface area contributed by atoms with Crippen LogP contribution in [0.15, 0.2) is 0 Å². The number of nitrogens with zero attached hydrogens (tertiary/aromatic N) is 2. The van der Waals surface area contributed by atoms with E-state index in [4.69, 9.17) is 5.26 Å². The number of hydrogen-bond acceptors (Lipinski definition) is 2. The van der Waals surface area contributed by atoms with Crippen molar-refractivity contribution in [2.45, 2.75) is 34.6 Å². The minimum Gasteiger partial charge on any atom is -0.341 e. The molecule has 3 nitrogen and oxygen atoms in total. The van der Waals surface area contributed by atoms with Crippen LogP contribution in [0.2, 0.25) is 0 Å². The molecule has 0 fully saturated rings. The Hall–Kier alpha value is -1.04. The van der Waals surface area contributed by atoms with E-state index in [1.54, 1.807) is 4.90 Å². The van der Waals surface area contributed by atoms with Crippen molar-refractivity contribution in [3.05, 3.63) is 0 Å². The average Bonchev–Trinajstić information content (AvgIpc) is 2.11. The van der Waals surface area contributed by atoms with Crippen LogP contribution in [0, 0.1) is 22.7 Å². The van der Waals surface area contributed by atoms with Crippen LogP contribution in [-0.2, 0) is 4.79 Å². The lowest BCUT2D eigenvalue weighted by atomic mass is 9.94. The molecule has 1 amide bonds. The first-order valence-corrected chi connectivity index (χ1v) is 5.02. The highest BCUT2D eigenvalue weighted by atomic mass is 16.2. The van der Waals surface area contributed by atoms with Gasteiger partial charge in [-0.05, 0) is 13.8 Å². The highest BCUT2D eigenvalue weighted by Crippen LogP contribution is 2.17. The maximum atomic E-state index is 11.9. The van der Waals surface area contributed by atoms with Crippen molar-refractivity contribution in [3.8, 4) is 6.07 Å². The molecular weight excluding hydrogens is 176 g/mol. The van der Waals surface area contributed by atoms with Gasteiger partial charge in [0.25, 0.3) is 0 Å². The van der Waals surface area contributed by atoms with Crippen molar-refractivity contribution in [2.75, 3.05) is 13.1 Å². The third kappa shape index (κ3) is 3.78. The van der Waals surface area contributed by atoms with Crippen molar-refractivity contribution in [2.24, 2.45) is 11.3 Å². The van der Waals surface area contributed by atoms with Crippen LogP contribution >= 0.6 is 0 Å². The fourth-order valence-corrected chi connectivity index (χ4v) is 1.20. The van der Waals surface area contributed by atoms with E-state index in [1.165, 1.54) is 0 Å². The molecule has 1 unspecified atom stereocenters. The van der Waals surface area contributed by atoms with E-state index in [0.29, 0.717) is 13.1 Å². The third-order valence-corrected chi connectivity index (χ3v) is 2.03. The van der Waals surface area contributed by atoms with Gasteiger partial charge in [-0.15, -0.1) is 0 Å². The number of carbonyl (C=O) groups is 1. The minimum atomic E-state index is -0.356. The number of amides is 1. The largest absolute Gasteiger partial charge is 0.341 e. The van der Waals surface area contributed by atoms with Gasteiger partial charge in [0.15, 0.2) is 0 Å². The summed E-state index contributed by atoms with van der Waals surface area (Å²) >= 11 is 0. The molecule has 0 aliphatic rings. The van der Waals surface area contributed by atoms with E-state index >= 15 is 0 Å². The molecule has 1 atom stereocenters. The van der Waals surface area contributed by atoms with Gasteiger partial charge in [-0.2, -0.15) is 5.26 Å². The van der Waals surface area contributed by atoms with Crippen molar-refractivity contribution in [3.63, 3.8) is 0 Å². The summed E-state index contributed by atoms with van der Waals surface area (Å²) in [5.74, 6) is 0.0170. The maximum Gasteiger partial charge on any atom is 0.227 e. The number of hydrogen-bond donors (Lipinski definition) is 0. The molecule has 0 aromatic carbocycles. The summed E-state index contributed by atoms with van der Waals surface area (Å²) in [5.41, 5.74) is -0.356. The standard InChI is InChI=1S/C11H20N2O/c1-6-13(8-9(2)7-12)10(14)11(3,4)5/h9H,6,8H2,1-5H3. The van der Waals surface area contributed by atoms with E-state index in [-0.39, 0.29) is 17.2 Å². The molecule has 14 heavy (non-hydrogen) atoms. The van der Waals surface area contributed by atoms with Gasteiger partial charge in [0.2, 0.25) is 5.91 Å². The smallest absolute Gasteiger partial charge is 0.227 e. The Morgan fingerprint density at radius 2 is 2.00 bits per heavy atom. The summed E-state index contributed by atoms with van der Waals surface area (Å²) < 4.78 is 0. The van der Waals surface area contributed by atoms with Crippen molar-refractivity contribution in [1.82, 2.24) is 4.90 Å². The summed E-state index contributed by atoms with van der Waals surface area (Å²) in [7, 11) is 0. The molecule has 0 spiro atoms. The third-order valence-electron chi connectivity index (χ3n) is 2.03.